The highest BCUT2D eigenvalue weighted by Crippen LogP contribution is 2.21. The van der Waals surface area contributed by atoms with Gasteiger partial charge >= 0.3 is 0 Å². The summed E-state index contributed by atoms with van der Waals surface area (Å²) >= 11 is 1.25. The lowest BCUT2D eigenvalue weighted by Crippen LogP contribution is -2.56. The van der Waals surface area contributed by atoms with E-state index >= 15 is 0 Å². The molecule has 7 heteroatoms. The molecule has 1 fully saturated rings. The Morgan fingerprint density at radius 2 is 1.88 bits per heavy atom. The molecule has 0 aliphatic carbocycles. The number of amides is 3. The molecule has 0 bridgehead atoms. The van der Waals surface area contributed by atoms with Crippen LogP contribution in [-0.4, -0.2) is 40.4 Å². The molecule has 1 aromatic carbocycles. The fourth-order valence-electron chi connectivity index (χ4n) is 2.66. The summed E-state index contributed by atoms with van der Waals surface area (Å²) in [5.74, 6) is 0.226. The van der Waals surface area contributed by atoms with Gasteiger partial charge in [0.2, 0.25) is 17.7 Å². The second kappa shape index (κ2) is 9.07. The van der Waals surface area contributed by atoms with E-state index in [-0.39, 0.29) is 35.8 Å². The molecule has 0 saturated carbocycles. The van der Waals surface area contributed by atoms with Crippen LogP contribution in [0.4, 0.5) is 5.69 Å². The van der Waals surface area contributed by atoms with Crippen LogP contribution in [0, 0.1) is 5.92 Å². The van der Waals surface area contributed by atoms with E-state index in [9.17, 15) is 14.4 Å². The van der Waals surface area contributed by atoms with Crippen molar-refractivity contribution in [1.29, 1.82) is 0 Å². The first-order valence-electron chi connectivity index (χ1n) is 8.86. The second-order valence-corrected chi connectivity index (χ2v) is 8.24. The van der Waals surface area contributed by atoms with Gasteiger partial charge in [-0.2, -0.15) is 0 Å². The molecule has 2 N–H and O–H groups in total. The van der Waals surface area contributed by atoms with E-state index in [1.165, 1.54) is 17.3 Å². The lowest BCUT2D eigenvalue weighted by molar-refractivity contribution is -0.142. The molecule has 3 amide bonds. The first-order chi connectivity index (χ1) is 12.3. The maximum absolute atomic E-state index is 12.2. The number of hydrogen-bond donors (Lipinski definition) is 2. The van der Waals surface area contributed by atoms with Gasteiger partial charge in [0.05, 0.1) is 5.75 Å². The molecule has 1 saturated heterocycles. The number of rotatable bonds is 7. The quantitative estimate of drug-likeness (QED) is 0.716. The molecule has 0 spiro atoms. The molecule has 1 atom stereocenters. The van der Waals surface area contributed by atoms with Gasteiger partial charge in [-0.25, -0.2) is 0 Å². The molecule has 0 aromatic heterocycles. The summed E-state index contributed by atoms with van der Waals surface area (Å²) in [6.45, 7) is 8.81. The van der Waals surface area contributed by atoms with Gasteiger partial charge in [0.25, 0.3) is 0 Å². The van der Waals surface area contributed by atoms with Crippen LogP contribution >= 0.6 is 11.8 Å². The highest BCUT2D eigenvalue weighted by molar-refractivity contribution is 8.00. The average molecular weight is 378 g/mol. The van der Waals surface area contributed by atoms with Crippen molar-refractivity contribution >= 4 is 35.2 Å². The van der Waals surface area contributed by atoms with Gasteiger partial charge in [0, 0.05) is 12.2 Å². The summed E-state index contributed by atoms with van der Waals surface area (Å²) in [5, 5.41) is 5.64. The number of hydrogen-bond acceptors (Lipinski definition) is 4. The molecule has 0 unspecified atom stereocenters. The predicted octanol–water partition coefficient (Wildman–Crippen LogP) is 2.77. The summed E-state index contributed by atoms with van der Waals surface area (Å²) in [4.78, 5) is 37.6. The van der Waals surface area contributed by atoms with Crippen molar-refractivity contribution in [3.8, 4) is 0 Å². The third-order valence-corrected chi connectivity index (χ3v) is 5.11. The second-order valence-electron chi connectivity index (χ2n) is 7.17. The topological polar surface area (TPSA) is 78.5 Å². The SMILES string of the molecule is CC(C)CN1C(=O)CC(=O)N[C@@H]1SCC(=O)Nc1ccc(C(C)C)cc1. The third kappa shape index (κ3) is 5.76. The Labute approximate surface area is 159 Å². The Balaban J connectivity index is 1.91. The highest BCUT2D eigenvalue weighted by Gasteiger charge is 2.32. The third-order valence-electron chi connectivity index (χ3n) is 3.99. The van der Waals surface area contributed by atoms with Crippen molar-refractivity contribution in [3.05, 3.63) is 29.8 Å². The maximum Gasteiger partial charge on any atom is 0.234 e. The lowest BCUT2D eigenvalue weighted by Gasteiger charge is -2.36. The summed E-state index contributed by atoms with van der Waals surface area (Å²) in [5.41, 5.74) is 1.45. The molecule has 26 heavy (non-hydrogen) atoms. The van der Waals surface area contributed by atoms with E-state index in [1.807, 2.05) is 38.1 Å². The number of anilines is 1. The predicted molar refractivity (Wildman–Crippen MR) is 105 cm³/mol. The Morgan fingerprint density at radius 3 is 2.46 bits per heavy atom. The van der Waals surface area contributed by atoms with Crippen LogP contribution in [0.15, 0.2) is 24.3 Å². The molecule has 142 valence electrons. The maximum atomic E-state index is 12.2. The fraction of sp³-hybridized carbons (Fsp3) is 0.526. The molecular weight excluding hydrogens is 350 g/mol. The van der Waals surface area contributed by atoms with Crippen molar-refractivity contribution in [2.24, 2.45) is 5.92 Å². The van der Waals surface area contributed by atoms with Crippen LogP contribution in [0.3, 0.4) is 0 Å². The van der Waals surface area contributed by atoms with Crippen molar-refractivity contribution in [3.63, 3.8) is 0 Å². The van der Waals surface area contributed by atoms with Gasteiger partial charge < -0.3 is 15.5 Å². The summed E-state index contributed by atoms with van der Waals surface area (Å²) in [6.07, 6.45) is -0.127. The zero-order valence-electron chi connectivity index (χ0n) is 15.7. The zero-order chi connectivity index (χ0) is 19.3. The van der Waals surface area contributed by atoms with Crippen LogP contribution in [0.2, 0.25) is 0 Å². The standard InChI is InChI=1S/C19H27N3O3S/c1-12(2)10-22-18(25)9-16(23)21-19(22)26-11-17(24)20-15-7-5-14(6-8-15)13(3)4/h5-8,12-13,19H,9-11H2,1-4H3,(H,20,24)(H,21,23)/t19-/m0/s1. The van der Waals surface area contributed by atoms with Gasteiger partial charge in [-0.1, -0.05) is 39.8 Å². The Kier molecular flexibility index (Phi) is 7.08. The van der Waals surface area contributed by atoms with Crippen molar-refractivity contribution in [2.45, 2.75) is 45.5 Å². The molecule has 1 aromatic rings. The van der Waals surface area contributed by atoms with Gasteiger partial charge in [0.15, 0.2) is 5.50 Å². The number of carbonyl (C=O) groups excluding carboxylic acids is 3. The molecule has 1 aliphatic heterocycles. The van der Waals surface area contributed by atoms with Crippen molar-refractivity contribution in [1.82, 2.24) is 10.2 Å². The van der Waals surface area contributed by atoms with E-state index in [2.05, 4.69) is 24.5 Å². The Hall–Kier alpha value is -2.02. The number of nitrogens with one attached hydrogen (secondary N) is 2. The van der Waals surface area contributed by atoms with Gasteiger partial charge in [-0.3, -0.25) is 14.4 Å². The monoisotopic (exact) mass is 377 g/mol. The van der Waals surface area contributed by atoms with Crippen LogP contribution in [0.1, 0.15) is 45.6 Å². The Morgan fingerprint density at radius 1 is 1.23 bits per heavy atom. The van der Waals surface area contributed by atoms with E-state index in [4.69, 9.17) is 0 Å². The van der Waals surface area contributed by atoms with Crippen LogP contribution in [0.5, 0.6) is 0 Å². The highest BCUT2D eigenvalue weighted by atomic mass is 32.2. The fourth-order valence-corrected chi connectivity index (χ4v) is 3.64. The number of thioether (sulfide) groups is 1. The van der Waals surface area contributed by atoms with Gasteiger partial charge in [-0.05, 0) is 29.5 Å². The number of nitrogens with zero attached hydrogens (tertiary/aromatic N) is 1. The number of benzene rings is 1. The van der Waals surface area contributed by atoms with E-state index in [1.54, 1.807) is 4.90 Å². The molecule has 6 nitrogen and oxygen atoms in total. The van der Waals surface area contributed by atoms with E-state index < -0.39 is 5.50 Å². The van der Waals surface area contributed by atoms with Crippen LogP contribution < -0.4 is 10.6 Å². The van der Waals surface area contributed by atoms with Crippen molar-refractivity contribution in [2.75, 3.05) is 17.6 Å². The summed E-state index contributed by atoms with van der Waals surface area (Å²) in [7, 11) is 0. The average Bonchev–Trinajstić information content (AvgIpc) is 2.56. The summed E-state index contributed by atoms with van der Waals surface area (Å²) < 4.78 is 0. The smallest absolute Gasteiger partial charge is 0.234 e. The summed E-state index contributed by atoms with van der Waals surface area (Å²) in [6, 6.07) is 7.76. The zero-order valence-corrected chi connectivity index (χ0v) is 16.6. The molecular formula is C19H27N3O3S. The van der Waals surface area contributed by atoms with Gasteiger partial charge in [-0.15, -0.1) is 11.8 Å². The lowest BCUT2D eigenvalue weighted by atomic mass is 10.0. The first kappa shape index (κ1) is 20.3. The molecule has 2 rings (SSSR count). The minimum absolute atomic E-state index is 0.127. The molecule has 0 radical (unpaired) electrons. The first-order valence-corrected chi connectivity index (χ1v) is 9.91. The Bertz CT molecular complexity index is 658. The van der Waals surface area contributed by atoms with Gasteiger partial charge in [0.1, 0.15) is 6.42 Å². The van der Waals surface area contributed by atoms with Crippen LogP contribution in [0.25, 0.3) is 0 Å². The number of carbonyl (C=O) groups is 3. The van der Waals surface area contributed by atoms with E-state index in [0.717, 1.165) is 5.69 Å². The van der Waals surface area contributed by atoms with Crippen molar-refractivity contribution < 1.29 is 14.4 Å². The van der Waals surface area contributed by atoms with Crippen LogP contribution in [-0.2, 0) is 14.4 Å². The van der Waals surface area contributed by atoms with E-state index in [0.29, 0.717) is 12.5 Å². The molecule has 1 aliphatic rings. The minimum atomic E-state index is -0.500. The molecule has 1 heterocycles. The normalized spacial score (nSPS) is 17.6. The minimum Gasteiger partial charge on any atom is -0.327 e. The largest absolute Gasteiger partial charge is 0.327 e.